The first-order chi connectivity index (χ1) is 10.4. The molecule has 0 unspecified atom stereocenters. The number of nitrogens with zero attached hydrogens (tertiary/aromatic N) is 3. The van der Waals surface area contributed by atoms with Crippen LogP contribution in [0.5, 0.6) is 0 Å². The molecule has 0 radical (unpaired) electrons. The van der Waals surface area contributed by atoms with Gasteiger partial charge in [0.2, 0.25) is 5.82 Å². The molecule has 0 spiro atoms. The molecule has 1 aliphatic rings. The lowest BCUT2D eigenvalue weighted by molar-refractivity contribution is -0.145. The molecule has 0 bridgehead atoms. The van der Waals surface area contributed by atoms with Gasteiger partial charge in [-0.15, -0.1) is 0 Å². The van der Waals surface area contributed by atoms with Crippen LogP contribution < -0.4 is 0 Å². The quantitative estimate of drug-likeness (QED) is 0.839. The van der Waals surface area contributed by atoms with Crippen LogP contribution in [0.15, 0.2) is 12.4 Å². The first-order valence-corrected chi connectivity index (χ1v) is 6.58. The van der Waals surface area contributed by atoms with Gasteiger partial charge < -0.3 is 14.4 Å². The Labute approximate surface area is 125 Å². The predicted molar refractivity (Wildman–Crippen MR) is 69.1 cm³/mol. The fraction of sp³-hybridized carbons (Fsp3) is 0.615. The second-order valence-corrected chi connectivity index (χ2v) is 4.95. The van der Waals surface area contributed by atoms with Crippen molar-refractivity contribution in [1.82, 2.24) is 14.9 Å². The van der Waals surface area contributed by atoms with E-state index < -0.39 is 17.9 Å². The summed E-state index contributed by atoms with van der Waals surface area (Å²) >= 11 is 0. The van der Waals surface area contributed by atoms with E-state index in [-0.39, 0.29) is 17.7 Å². The van der Waals surface area contributed by atoms with Gasteiger partial charge in [-0.3, -0.25) is 4.79 Å². The highest BCUT2D eigenvalue weighted by Crippen LogP contribution is 2.26. The third-order valence-corrected chi connectivity index (χ3v) is 3.48. The fourth-order valence-corrected chi connectivity index (χ4v) is 2.39. The van der Waals surface area contributed by atoms with Crippen molar-refractivity contribution in [2.75, 3.05) is 27.4 Å². The molecule has 2 atom stereocenters. The molecule has 6 nitrogen and oxygen atoms in total. The predicted octanol–water partition coefficient (Wildman–Crippen LogP) is 1.37. The number of carbonyl (C=O) groups excluding carboxylic acids is 1. The summed E-state index contributed by atoms with van der Waals surface area (Å²) in [6.07, 6.45) is -2.36. The second kappa shape index (κ2) is 6.57. The Bertz CT molecular complexity index is 522. The minimum atomic E-state index is -4.63. The van der Waals surface area contributed by atoms with E-state index in [1.807, 2.05) is 0 Å². The standard InChI is InChI=1S/C13H16F3N3O3/c1-21-7-9-3-10(22-2)6-19(9)11(20)8-4-17-12(18-5-8)13(14,15)16/h4-5,9-10H,3,6-7H2,1-2H3/t9-,10-/m0/s1. The number of hydrogen-bond acceptors (Lipinski definition) is 5. The number of aromatic nitrogens is 2. The van der Waals surface area contributed by atoms with E-state index in [1.54, 1.807) is 7.11 Å². The first kappa shape index (κ1) is 16.6. The number of methoxy groups -OCH3 is 2. The fourth-order valence-electron chi connectivity index (χ4n) is 2.39. The average molecular weight is 319 g/mol. The van der Waals surface area contributed by atoms with Gasteiger partial charge >= 0.3 is 6.18 Å². The summed E-state index contributed by atoms with van der Waals surface area (Å²) in [4.78, 5) is 20.3. The van der Waals surface area contributed by atoms with Crippen LogP contribution in [0.1, 0.15) is 22.6 Å². The van der Waals surface area contributed by atoms with Crippen molar-refractivity contribution in [3.05, 3.63) is 23.8 Å². The molecule has 2 heterocycles. The number of ether oxygens (including phenoxy) is 2. The second-order valence-electron chi connectivity index (χ2n) is 4.95. The zero-order chi connectivity index (χ0) is 16.3. The summed E-state index contributed by atoms with van der Waals surface area (Å²) in [6, 6.07) is -0.190. The van der Waals surface area contributed by atoms with Crippen molar-refractivity contribution in [2.24, 2.45) is 0 Å². The van der Waals surface area contributed by atoms with E-state index in [2.05, 4.69) is 9.97 Å². The third-order valence-electron chi connectivity index (χ3n) is 3.48. The van der Waals surface area contributed by atoms with Crippen molar-refractivity contribution in [3.8, 4) is 0 Å². The minimum Gasteiger partial charge on any atom is -0.383 e. The summed E-state index contributed by atoms with van der Waals surface area (Å²) in [7, 11) is 3.06. The van der Waals surface area contributed by atoms with Crippen LogP contribution in [0, 0.1) is 0 Å². The number of carbonyl (C=O) groups is 1. The normalized spacial score (nSPS) is 22.1. The summed E-state index contributed by atoms with van der Waals surface area (Å²) in [5, 5.41) is 0. The Hall–Kier alpha value is -1.74. The third kappa shape index (κ3) is 3.53. The molecule has 2 rings (SSSR count). The Morgan fingerprint density at radius 2 is 2.00 bits per heavy atom. The maximum atomic E-state index is 12.4. The van der Waals surface area contributed by atoms with Crippen LogP contribution in [0.3, 0.4) is 0 Å². The number of rotatable bonds is 4. The molecule has 1 aromatic rings. The highest BCUT2D eigenvalue weighted by Gasteiger charge is 2.37. The smallest absolute Gasteiger partial charge is 0.383 e. The molecule has 0 N–H and O–H groups in total. The Kier molecular flexibility index (Phi) is 4.97. The van der Waals surface area contributed by atoms with Crippen LogP contribution in [0.2, 0.25) is 0 Å². The van der Waals surface area contributed by atoms with E-state index in [0.717, 1.165) is 12.4 Å². The van der Waals surface area contributed by atoms with Gasteiger partial charge in [0.05, 0.1) is 24.3 Å². The van der Waals surface area contributed by atoms with Gasteiger partial charge in [0.25, 0.3) is 5.91 Å². The lowest BCUT2D eigenvalue weighted by Crippen LogP contribution is -2.38. The van der Waals surface area contributed by atoms with Gasteiger partial charge in [-0.25, -0.2) is 9.97 Å². The van der Waals surface area contributed by atoms with Gasteiger partial charge in [-0.05, 0) is 6.42 Å². The van der Waals surface area contributed by atoms with Gasteiger partial charge in [-0.2, -0.15) is 13.2 Å². The Balaban J connectivity index is 2.16. The van der Waals surface area contributed by atoms with Crippen LogP contribution in [-0.4, -0.2) is 60.3 Å². The van der Waals surface area contributed by atoms with E-state index in [0.29, 0.717) is 19.6 Å². The molecule has 0 aromatic carbocycles. The molecule has 1 aromatic heterocycles. The van der Waals surface area contributed by atoms with Gasteiger partial charge in [0, 0.05) is 33.2 Å². The highest BCUT2D eigenvalue weighted by molar-refractivity contribution is 5.94. The number of halogens is 3. The molecule has 1 aliphatic heterocycles. The van der Waals surface area contributed by atoms with Crippen molar-refractivity contribution < 1.29 is 27.4 Å². The molecule has 122 valence electrons. The average Bonchev–Trinajstić information content (AvgIpc) is 2.89. The highest BCUT2D eigenvalue weighted by atomic mass is 19.4. The van der Waals surface area contributed by atoms with Crippen LogP contribution in [-0.2, 0) is 15.7 Å². The van der Waals surface area contributed by atoms with E-state index in [9.17, 15) is 18.0 Å². The van der Waals surface area contributed by atoms with Crippen LogP contribution in [0.25, 0.3) is 0 Å². The van der Waals surface area contributed by atoms with Crippen LogP contribution in [0.4, 0.5) is 13.2 Å². The summed E-state index contributed by atoms with van der Waals surface area (Å²) in [5.41, 5.74) is 0.00542. The maximum Gasteiger partial charge on any atom is 0.451 e. The first-order valence-electron chi connectivity index (χ1n) is 6.58. The molecular formula is C13H16F3N3O3. The molecule has 9 heteroatoms. The Morgan fingerprint density at radius 1 is 1.36 bits per heavy atom. The summed E-state index contributed by atoms with van der Waals surface area (Å²) in [6.45, 7) is 0.678. The van der Waals surface area contributed by atoms with E-state index in [4.69, 9.17) is 9.47 Å². The molecular weight excluding hydrogens is 303 g/mol. The lowest BCUT2D eigenvalue weighted by Gasteiger charge is -2.23. The summed E-state index contributed by atoms with van der Waals surface area (Å²) < 4.78 is 47.6. The number of amides is 1. The molecule has 22 heavy (non-hydrogen) atoms. The largest absolute Gasteiger partial charge is 0.451 e. The number of likely N-dealkylation sites (tertiary alicyclic amines) is 1. The molecule has 1 saturated heterocycles. The number of hydrogen-bond donors (Lipinski definition) is 0. The van der Waals surface area contributed by atoms with E-state index in [1.165, 1.54) is 12.0 Å². The van der Waals surface area contributed by atoms with Gasteiger partial charge in [-0.1, -0.05) is 0 Å². The van der Waals surface area contributed by atoms with Crippen molar-refractivity contribution >= 4 is 5.91 Å². The zero-order valence-corrected chi connectivity index (χ0v) is 12.1. The van der Waals surface area contributed by atoms with Crippen molar-refractivity contribution in [1.29, 1.82) is 0 Å². The van der Waals surface area contributed by atoms with Crippen molar-refractivity contribution in [2.45, 2.75) is 24.7 Å². The molecule has 0 saturated carbocycles. The van der Waals surface area contributed by atoms with Crippen molar-refractivity contribution in [3.63, 3.8) is 0 Å². The summed E-state index contributed by atoms with van der Waals surface area (Å²) in [5.74, 6) is -1.70. The van der Waals surface area contributed by atoms with Gasteiger partial charge in [0.1, 0.15) is 0 Å². The maximum absolute atomic E-state index is 12.4. The van der Waals surface area contributed by atoms with Gasteiger partial charge in [0.15, 0.2) is 0 Å². The monoisotopic (exact) mass is 319 g/mol. The number of alkyl halides is 3. The van der Waals surface area contributed by atoms with Crippen LogP contribution >= 0.6 is 0 Å². The van der Waals surface area contributed by atoms with E-state index >= 15 is 0 Å². The molecule has 0 aliphatic carbocycles. The lowest BCUT2D eigenvalue weighted by atomic mass is 10.2. The Morgan fingerprint density at radius 3 is 2.50 bits per heavy atom. The minimum absolute atomic E-state index is 0.00542. The zero-order valence-electron chi connectivity index (χ0n) is 12.1. The molecule has 1 fully saturated rings. The topological polar surface area (TPSA) is 64.6 Å². The molecule has 1 amide bonds. The SMILES string of the molecule is COC[C@@H]1C[C@H](OC)CN1C(=O)c1cnc(C(F)(F)F)nc1.